The van der Waals surface area contributed by atoms with Gasteiger partial charge in [-0.25, -0.2) is 0 Å². The first-order valence-electron chi connectivity index (χ1n) is 7.73. The van der Waals surface area contributed by atoms with Crippen LogP contribution in [0.15, 0.2) is 18.2 Å². The molecule has 7 heteroatoms. The molecule has 1 aromatic rings. The fraction of sp³-hybridized carbons (Fsp3) is 0.529. The fourth-order valence-electron chi connectivity index (χ4n) is 1.82. The molecule has 0 spiro atoms. The van der Waals surface area contributed by atoms with E-state index in [0.717, 1.165) is 0 Å². The van der Waals surface area contributed by atoms with Crippen molar-refractivity contribution in [2.24, 2.45) is 17.6 Å². The Bertz CT molecular complexity index is 591. The summed E-state index contributed by atoms with van der Waals surface area (Å²) >= 11 is 6.14. The van der Waals surface area contributed by atoms with E-state index < -0.39 is 5.54 Å². The number of carbonyl (C=O) groups excluding carboxylic acids is 2. The number of hydrogen-bond donors (Lipinski definition) is 3. The van der Waals surface area contributed by atoms with Gasteiger partial charge >= 0.3 is 0 Å². The molecule has 0 aromatic heterocycles. The van der Waals surface area contributed by atoms with E-state index >= 15 is 0 Å². The van der Waals surface area contributed by atoms with Crippen LogP contribution in [0.1, 0.15) is 45.0 Å². The van der Waals surface area contributed by atoms with Gasteiger partial charge in [-0.1, -0.05) is 39.3 Å². The highest BCUT2D eigenvalue weighted by molar-refractivity contribution is 6.34. The molecule has 0 aliphatic rings. The summed E-state index contributed by atoms with van der Waals surface area (Å²) in [4.78, 5) is 24.3. The van der Waals surface area contributed by atoms with Gasteiger partial charge in [0.25, 0.3) is 5.91 Å². The minimum atomic E-state index is -0.530. The third-order valence-electron chi connectivity index (χ3n) is 4.10. The predicted molar refractivity (Wildman–Crippen MR) is 102 cm³/mol. The number of nitrogens with two attached hydrogens (primary N) is 1. The van der Waals surface area contributed by atoms with E-state index in [-0.39, 0.29) is 36.1 Å². The number of anilines is 1. The fourth-order valence-corrected chi connectivity index (χ4v) is 2.02. The summed E-state index contributed by atoms with van der Waals surface area (Å²) in [7, 11) is 0. The first-order valence-corrected chi connectivity index (χ1v) is 8.11. The second-order valence-corrected chi connectivity index (χ2v) is 6.98. The molecule has 0 aliphatic carbocycles. The Morgan fingerprint density at radius 1 is 1.25 bits per heavy atom. The topological polar surface area (TPSA) is 84.2 Å². The Kier molecular flexibility index (Phi) is 8.75. The Balaban J connectivity index is 0.00000529. The summed E-state index contributed by atoms with van der Waals surface area (Å²) in [6, 6.07) is 4.85. The molecule has 0 bridgehead atoms. The number of amides is 2. The van der Waals surface area contributed by atoms with Crippen LogP contribution in [0.3, 0.4) is 0 Å². The average Bonchev–Trinajstić information content (AvgIpc) is 2.48. The van der Waals surface area contributed by atoms with Gasteiger partial charge in [0.2, 0.25) is 5.91 Å². The average molecular weight is 376 g/mol. The molecule has 0 fully saturated rings. The van der Waals surface area contributed by atoms with Crippen LogP contribution in [0.25, 0.3) is 0 Å². The third kappa shape index (κ3) is 5.65. The summed E-state index contributed by atoms with van der Waals surface area (Å²) in [6.45, 7) is 9.80. The molecule has 2 amide bonds. The van der Waals surface area contributed by atoms with Gasteiger partial charge in [0.15, 0.2) is 0 Å². The highest BCUT2D eigenvalue weighted by Crippen LogP contribution is 2.23. The number of hydrogen-bond acceptors (Lipinski definition) is 3. The standard InChI is InChI=1S/C17H26ClN3O2.ClH/c1-10(2)15(22)20-12-6-7-14(18)13(8-12)16(23)21-17(5,9-19)11(3)4;/h6-8,10-11H,9,19H2,1-5H3,(H,20,22)(H,21,23);1H. The van der Waals surface area contributed by atoms with E-state index in [4.69, 9.17) is 17.3 Å². The van der Waals surface area contributed by atoms with Gasteiger partial charge in [-0.2, -0.15) is 0 Å². The van der Waals surface area contributed by atoms with Crippen molar-refractivity contribution in [2.75, 3.05) is 11.9 Å². The van der Waals surface area contributed by atoms with Crippen molar-refractivity contribution in [3.63, 3.8) is 0 Å². The second kappa shape index (κ2) is 9.25. The lowest BCUT2D eigenvalue weighted by Gasteiger charge is -2.33. The molecule has 0 aliphatic heterocycles. The maximum atomic E-state index is 12.6. The van der Waals surface area contributed by atoms with Crippen LogP contribution in [0.4, 0.5) is 5.69 Å². The zero-order chi connectivity index (χ0) is 17.8. The molecule has 136 valence electrons. The monoisotopic (exact) mass is 375 g/mol. The minimum absolute atomic E-state index is 0. The van der Waals surface area contributed by atoms with Crippen molar-refractivity contribution >= 4 is 41.5 Å². The molecule has 1 aromatic carbocycles. The number of rotatable bonds is 6. The predicted octanol–water partition coefficient (Wildman–Crippen LogP) is 3.46. The van der Waals surface area contributed by atoms with Crippen LogP contribution in [-0.2, 0) is 4.79 Å². The zero-order valence-corrected chi connectivity index (χ0v) is 16.3. The largest absolute Gasteiger partial charge is 0.345 e. The molecular formula is C17H27Cl2N3O2. The number of nitrogens with one attached hydrogen (secondary N) is 2. The molecule has 24 heavy (non-hydrogen) atoms. The number of benzene rings is 1. The first kappa shape index (κ1) is 22.7. The Morgan fingerprint density at radius 3 is 2.29 bits per heavy atom. The van der Waals surface area contributed by atoms with E-state index in [1.165, 1.54) is 0 Å². The van der Waals surface area contributed by atoms with Crippen LogP contribution in [0, 0.1) is 11.8 Å². The Morgan fingerprint density at radius 2 is 1.83 bits per heavy atom. The lowest BCUT2D eigenvalue weighted by molar-refractivity contribution is -0.118. The number of carbonyl (C=O) groups is 2. The molecule has 1 atom stereocenters. The van der Waals surface area contributed by atoms with Gasteiger partial charge in [0.05, 0.1) is 16.1 Å². The van der Waals surface area contributed by atoms with Crippen LogP contribution < -0.4 is 16.4 Å². The molecular weight excluding hydrogens is 349 g/mol. The van der Waals surface area contributed by atoms with Crippen molar-refractivity contribution in [3.05, 3.63) is 28.8 Å². The quantitative estimate of drug-likeness (QED) is 0.711. The maximum absolute atomic E-state index is 12.6. The van der Waals surface area contributed by atoms with Gasteiger partial charge in [0, 0.05) is 18.2 Å². The van der Waals surface area contributed by atoms with E-state index in [2.05, 4.69) is 10.6 Å². The lowest BCUT2D eigenvalue weighted by Crippen LogP contribution is -2.55. The molecule has 1 unspecified atom stereocenters. The van der Waals surface area contributed by atoms with Crippen LogP contribution in [0.5, 0.6) is 0 Å². The zero-order valence-electron chi connectivity index (χ0n) is 14.8. The maximum Gasteiger partial charge on any atom is 0.253 e. The van der Waals surface area contributed by atoms with Crippen LogP contribution >= 0.6 is 24.0 Å². The molecule has 1 rings (SSSR count). The van der Waals surface area contributed by atoms with Gasteiger partial charge in [-0.3, -0.25) is 9.59 Å². The summed E-state index contributed by atoms with van der Waals surface area (Å²) in [5, 5.41) is 6.03. The third-order valence-corrected chi connectivity index (χ3v) is 4.43. The molecule has 4 N–H and O–H groups in total. The molecule has 0 saturated carbocycles. The molecule has 0 heterocycles. The summed E-state index contributed by atoms with van der Waals surface area (Å²) in [5.41, 5.74) is 6.12. The highest BCUT2D eigenvalue weighted by Gasteiger charge is 2.29. The van der Waals surface area contributed by atoms with Crippen molar-refractivity contribution in [2.45, 2.75) is 40.2 Å². The van der Waals surface area contributed by atoms with Crippen molar-refractivity contribution < 1.29 is 9.59 Å². The summed E-state index contributed by atoms with van der Waals surface area (Å²) in [6.07, 6.45) is 0. The molecule has 0 radical (unpaired) electrons. The van der Waals surface area contributed by atoms with Crippen LogP contribution in [-0.4, -0.2) is 23.9 Å². The van der Waals surface area contributed by atoms with Gasteiger partial charge < -0.3 is 16.4 Å². The van der Waals surface area contributed by atoms with Crippen molar-refractivity contribution in [3.8, 4) is 0 Å². The minimum Gasteiger partial charge on any atom is -0.345 e. The van der Waals surface area contributed by atoms with E-state index in [1.54, 1.807) is 32.0 Å². The molecule has 5 nitrogen and oxygen atoms in total. The lowest BCUT2D eigenvalue weighted by atomic mass is 9.88. The normalized spacial score (nSPS) is 13.2. The van der Waals surface area contributed by atoms with E-state index in [9.17, 15) is 9.59 Å². The smallest absolute Gasteiger partial charge is 0.253 e. The van der Waals surface area contributed by atoms with Crippen molar-refractivity contribution in [1.29, 1.82) is 0 Å². The van der Waals surface area contributed by atoms with Gasteiger partial charge in [-0.05, 0) is 31.0 Å². The Labute approximate surface area is 155 Å². The van der Waals surface area contributed by atoms with Gasteiger partial charge in [-0.15, -0.1) is 12.4 Å². The molecule has 0 saturated heterocycles. The highest BCUT2D eigenvalue weighted by atomic mass is 35.5. The summed E-state index contributed by atoms with van der Waals surface area (Å²) < 4.78 is 0. The Hall–Kier alpha value is -1.30. The SMILES string of the molecule is CC(C)C(=O)Nc1ccc(Cl)c(C(=O)NC(C)(CN)C(C)C)c1.Cl. The van der Waals surface area contributed by atoms with E-state index in [0.29, 0.717) is 22.8 Å². The second-order valence-electron chi connectivity index (χ2n) is 6.57. The van der Waals surface area contributed by atoms with Gasteiger partial charge in [0.1, 0.15) is 0 Å². The van der Waals surface area contributed by atoms with Crippen molar-refractivity contribution in [1.82, 2.24) is 5.32 Å². The first-order chi connectivity index (χ1) is 10.6. The summed E-state index contributed by atoms with van der Waals surface area (Å²) in [5.74, 6) is -0.409. The van der Waals surface area contributed by atoms with Crippen LogP contribution in [0.2, 0.25) is 5.02 Å². The van der Waals surface area contributed by atoms with E-state index in [1.807, 2.05) is 20.8 Å². The number of halogens is 2.